The maximum atomic E-state index is 9.67. The number of nitrogens with two attached hydrogens (primary N) is 1. The molecule has 0 aliphatic heterocycles. The van der Waals surface area contributed by atoms with Gasteiger partial charge in [0.05, 0.1) is 7.14 Å². The Morgan fingerprint density at radius 2 is 1.81 bits per heavy atom. The van der Waals surface area contributed by atoms with Crippen molar-refractivity contribution in [3.8, 4) is 5.75 Å². The van der Waals surface area contributed by atoms with Gasteiger partial charge in [-0.2, -0.15) is 0 Å². The highest BCUT2D eigenvalue weighted by Crippen LogP contribution is 2.30. The van der Waals surface area contributed by atoms with Gasteiger partial charge in [-0.3, -0.25) is 0 Å². The van der Waals surface area contributed by atoms with Crippen LogP contribution in [-0.2, 0) is 0 Å². The van der Waals surface area contributed by atoms with E-state index in [9.17, 15) is 5.11 Å². The Morgan fingerprint density at radius 3 is 2.31 bits per heavy atom. The summed E-state index contributed by atoms with van der Waals surface area (Å²) in [5, 5.41) is 9.67. The summed E-state index contributed by atoms with van der Waals surface area (Å²) >= 11 is 4.29. The lowest BCUT2D eigenvalue weighted by Gasteiger charge is -2.13. The van der Waals surface area contributed by atoms with Crippen LogP contribution >= 0.6 is 45.2 Å². The molecule has 0 aromatic heterocycles. The van der Waals surface area contributed by atoms with E-state index in [2.05, 4.69) is 52.1 Å². The van der Waals surface area contributed by atoms with Crippen LogP contribution in [0, 0.1) is 7.14 Å². The fourth-order valence-electron chi connectivity index (χ4n) is 1.58. The number of unbranched alkanes of at least 4 members (excludes halogenated alkanes) is 2. The highest BCUT2D eigenvalue weighted by atomic mass is 127. The summed E-state index contributed by atoms with van der Waals surface area (Å²) < 4.78 is 1.76. The Labute approximate surface area is 124 Å². The molecule has 0 aliphatic carbocycles. The van der Waals surface area contributed by atoms with Gasteiger partial charge in [0.15, 0.2) is 0 Å². The molecule has 0 radical (unpaired) electrons. The molecule has 16 heavy (non-hydrogen) atoms. The third-order valence-corrected chi connectivity index (χ3v) is 4.23. The lowest BCUT2D eigenvalue weighted by atomic mass is 10.0. The predicted molar refractivity (Wildman–Crippen MR) is 84.6 cm³/mol. The van der Waals surface area contributed by atoms with Crippen molar-refractivity contribution in [3.05, 3.63) is 24.8 Å². The molecule has 1 aromatic rings. The molecule has 0 amide bonds. The third-order valence-electron chi connectivity index (χ3n) is 2.59. The minimum Gasteiger partial charge on any atom is -0.506 e. The van der Waals surface area contributed by atoms with Crippen LogP contribution < -0.4 is 5.73 Å². The zero-order chi connectivity index (χ0) is 12.1. The highest BCUT2D eigenvalue weighted by Gasteiger charge is 2.11. The number of phenols is 1. The highest BCUT2D eigenvalue weighted by molar-refractivity contribution is 14.1. The van der Waals surface area contributed by atoms with Gasteiger partial charge < -0.3 is 10.8 Å². The summed E-state index contributed by atoms with van der Waals surface area (Å²) in [5.74, 6) is 0.366. The summed E-state index contributed by atoms with van der Waals surface area (Å²) in [6.07, 6.45) is 4.65. The molecule has 0 fully saturated rings. The Hall–Kier alpha value is 0.440. The topological polar surface area (TPSA) is 46.2 Å². The van der Waals surface area contributed by atoms with E-state index in [0.29, 0.717) is 5.75 Å². The normalized spacial score (nSPS) is 12.8. The fraction of sp³-hybridized carbons (Fsp3) is 0.500. The molecule has 0 aliphatic rings. The van der Waals surface area contributed by atoms with Gasteiger partial charge in [0.1, 0.15) is 5.75 Å². The van der Waals surface area contributed by atoms with Crippen LogP contribution in [0.3, 0.4) is 0 Å². The van der Waals surface area contributed by atoms with E-state index in [4.69, 9.17) is 5.73 Å². The molecule has 4 heteroatoms. The van der Waals surface area contributed by atoms with E-state index in [1.165, 1.54) is 19.3 Å². The average molecular weight is 445 g/mol. The van der Waals surface area contributed by atoms with Gasteiger partial charge >= 0.3 is 0 Å². The van der Waals surface area contributed by atoms with Crippen LogP contribution in [0.5, 0.6) is 5.75 Å². The van der Waals surface area contributed by atoms with Crippen molar-refractivity contribution in [2.45, 2.75) is 38.6 Å². The second-order valence-electron chi connectivity index (χ2n) is 3.94. The molecular weight excluding hydrogens is 428 g/mol. The molecule has 0 saturated heterocycles. The van der Waals surface area contributed by atoms with Crippen molar-refractivity contribution < 1.29 is 5.11 Å². The molecule has 0 spiro atoms. The minimum absolute atomic E-state index is 0.0918. The van der Waals surface area contributed by atoms with E-state index < -0.39 is 0 Å². The summed E-state index contributed by atoms with van der Waals surface area (Å²) in [6.45, 7) is 2.19. The number of halogens is 2. The second-order valence-corrected chi connectivity index (χ2v) is 6.26. The van der Waals surface area contributed by atoms with Gasteiger partial charge in [-0.15, -0.1) is 0 Å². The van der Waals surface area contributed by atoms with Gasteiger partial charge in [-0.25, -0.2) is 0 Å². The second kappa shape index (κ2) is 7.00. The van der Waals surface area contributed by atoms with Crippen LogP contribution in [-0.4, -0.2) is 5.11 Å². The average Bonchev–Trinajstić information content (AvgIpc) is 2.25. The van der Waals surface area contributed by atoms with Crippen molar-refractivity contribution >= 4 is 45.2 Å². The predicted octanol–water partition coefficient (Wildman–Crippen LogP) is 4.18. The van der Waals surface area contributed by atoms with Crippen LogP contribution in [0.15, 0.2) is 12.1 Å². The first-order valence-corrected chi connectivity index (χ1v) is 7.65. The molecule has 0 unspecified atom stereocenters. The lowest BCUT2D eigenvalue weighted by molar-refractivity contribution is 0.466. The molecule has 1 aromatic carbocycles. The molecule has 90 valence electrons. The largest absolute Gasteiger partial charge is 0.506 e. The summed E-state index contributed by atoms with van der Waals surface area (Å²) in [7, 11) is 0. The van der Waals surface area contributed by atoms with Gasteiger partial charge in [0.2, 0.25) is 0 Å². The van der Waals surface area contributed by atoms with E-state index in [1.54, 1.807) is 0 Å². The number of phenolic OH excluding ortho intramolecular Hbond substituents is 1. The summed E-state index contributed by atoms with van der Waals surface area (Å²) in [6, 6.07) is 4.05. The number of hydrogen-bond acceptors (Lipinski definition) is 2. The van der Waals surface area contributed by atoms with Crippen LogP contribution in [0.1, 0.15) is 44.2 Å². The number of hydrogen-bond donors (Lipinski definition) is 2. The zero-order valence-electron chi connectivity index (χ0n) is 9.34. The zero-order valence-corrected chi connectivity index (χ0v) is 13.7. The molecule has 0 heterocycles. The maximum Gasteiger partial charge on any atom is 0.142 e. The van der Waals surface area contributed by atoms with Crippen molar-refractivity contribution in [1.29, 1.82) is 0 Å². The monoisotopic (exact) mass is 445 g/mol. The standard InChI is InChI=1S/C12H17I2NO/c1-2-3-4-5-11(15)8-6-9(13)12(16)10(14)7-8/h6-7,11,16H,2-5,15H2,1H3/t11-/m1/s1. The first kappa shape index (κ1) is 14.5. The van der Waals surface area contributed by atoms with Gasteiger partial charge in [0, 0.05) is 6.04 Å². The van der Waals surface area contributed by atoms with Gasteiger partial charge in [-0.05, 0) is 69.3 Å². The molecular formula is C12H17I2NO. The van der Waals surface area contributed by atoms with Gasteiger partial charge in [-0.1, -0.05) is 26.2 Å². The van der Waals surface area contributed by atoms with Gasteiger partial charge in [0.25, 0.3) is 0 Å². The van der Waals surface area contributed by atoms with Crippen LogP contribution in [0.4, 0.5) is 0 Å². The maximum absolute atomic E-state index is 9.67. The van der Waals surface area contributed by atoms with Crippen molar-refractivity contribution in [2.75, 3.05) is 0 Å². The summed E-state index contributed by atoms with van der Waals surface area (Å²) in [5.41, 5.74) is 7.26. The van der Waals surface area contributed by atoms with Crippen LogP contribution in [0.2, 0.25) is 0 Å². The van der Waals surface area contributed by atoms with E-state index >= 15 is 0 Å². The SMILES string of the molecule is CCCCC[C@@H](N)c1cc(I)c(O)c(I)c1. The smallest absolute Gasteiger partial charge is 0.142 e. The van der Waals surface area contributed by atoms with E-state index in [0.717, 1.165) is 19.1 Å². The fourth-order valence-corrected chi connectivity index (χ4v) is 3.40. The van der Waals surface area contributed by atoms with Crippen molar-refractivity contribution in [3.63, 3.8) is 0 Å². The number of aromatic hydroxyl groups is 1. The molecule has 3 N–H and O–H groups in total. The molecule has 0 saturated carbocycles. The van der Waals surface area contributed by atoms with E-state index in [-0.39, 0.29) is 6.04 Å². The Balaban J connectivity index is 2.72. The number of rotatable bonds is 5. The quantitative estimate of drug-likeness (QED) is 0.528. The molecule has 2 nitrogen and oxygen atoms in total. The first-order valence-electron chi connectivity index (χ1n) is 5.49. The third kappa shape index (κ3) is 4.03. The molecule has 1 rings (SSSR count). The van der Waals surface area contributed by atoms with Crippen LogP contribution in [0.25, 0.3) is 0 Å². The van der Waals surface area contributed by atoms with Crippen molar-refractivity contribution in [2.24, 2.45) is 5.73 Å². The Kier molecular flexibility index (Phi) is 6.35. The minimum atomic E-state index is 0.0918. The molecule has 0 bridgehead atoms. The Bertz CT molecular complexity index is 332. The molecule has 1 atom stereocenters. The first-order chi connectivity index (χ1) is 7.56. The summed E-state index contributed by atoms with van der Waals surface area (Å²) in [4.78, 5) is 0. The Morgan fingerprint density at radius 1 is 1.25 bits per heavy atom. The lowest BCUT2D eigenvalue weighted by Crippen LogP contribution is -2.10. The van der Waals surface area contributed by atoms with E-state index in [1.807, 2.05) is 12.1 Å². The number of benzene rings is 1. The van der Waals surface area contributed by atoms with Crippen molar-refractivity contribution in [1.82, 2.24) is 0 Å².